The van der Waals surface area contributed by atoms with Gasteiger partial charge < -0.3 is 14.2 Å². The number of rotatable bonds is 2. The predicted molar refractivity (Wildman–Crippen MR) is 78.5 cm³/mol. The molecule has 4 heterocycles. The van der Waals surface area contributed by atoms with E-state index in [1.54, 1.807) is 0 Å². The van der Waals surface area contributed by atoms with Crippen LogP contribution < -0.4 is 0 Å². The summed E-state index contributed by atoms with van der Waals surface area (Å²) < 4.78 is 18.3. The fourth-order valence-corrected chi connectivity index (χ4v) is 5.23. The van der Waals surface area contributed by atoms with Crippen molar-refractivity contribution in [1.29, 1.82) is 0 Å². The topological polar surface area (TPSA) is 46.2 Å². The Morgan fingerprint density at radius 2 is 1.91 bits per heavy atom. The van der Waals surface area contributed by atoms with Crippen LogP contribution in [0.5, 0.6) is 0 Å². The molecule has 4 aliphatic heterocycles. The van der Waals surface area contributed by atoms with Crippen LogP contribution in [0.25, 0.3) is 0 Å². The summed E-state index contributed by atoms with van der Waals surface area (Å²) in [7, 11) is 0. The molecule has 0 aromatic carbocycles. The van der Waals surface area contributed by atoms with Crippen LogP contribution in [0.15, 0.2) is 0 Å². The molecule has 22 heavy (non-hydrogen) atoms. The Labute approximate surface area is 132 Å². The van der Waals surface area contributed by atoms with Crippen LogP contribution in [-0.2, 0) is 24.0 Å². The maximum atomic E-state index is 6.25. The van der Waals surface area contributed by atoms with Gasteiger partial charge in [-0.05, 0) is 44.9 Å². The van der Waals surface area contributed by atoms with Gasteiger partial charge >= 0.3 is 0 Å². The van der Waals surface area contributed by atoms with Crippen LogP contribution in [0.1, 0.15) is 53.4 Å². The van der Waals surface area contributed by atoms with Crippen molar-refractivity contribution < 1.29 is 24.0 Å². The molecule has 5 fully saturated rings. The standard InChI is InChI=1S/C17H28O5/c1-5-18-14-11(3)13-7-6-10(2)12-8-9-16(4)20-15(19-14)17(12,13)22-21-16/h10-15H,5-9H2,1-4H3/t10-,11-,12+,13+,14+,15-,16-,17-/m0/s1. The van der Waals surface area contributed by atoms with Crippen molar-refractivity contribution in [2.24, 2.45) is 23.7 Å². The van der Waals surface area contributed by atoms with Gasteiger partial charge in [0.15, 0.2) is 18.2 Å². The van der Waals surface area contributed by atoms with E-state index in [4.69, 9.17) is 24.0 Å². The van der Waals surface area contributed by atoms with Crippen molar-refractivity contribution in [1.82, 2.24) is 0 Å². The minimum Gasteiger partial charge on any atom is -0.353 e. The van der Waals surface area contributed by atoms with Crippen molar-refractivity contribution >= 4 is 0 Å². The average Bonchev–Trinajstić information content (AvgIpc) is 2.71. The fourth-order valence-electron chi connectivity index (χ4n) is 5.23. The van der Waals surface area contributed by atoms with Crippen LogP contribution >= 0.6 is 0 Å². The third-order valence-corrected chi connectivity index (χ3v) is 6.43. The van der Waals surface area contributed by atoms with Crippen molar-refractivity contribution in [2.75, 3.05) is 6.61 Å². The molecule has 0 radical (unpaired) electrons. The van der Waals surface area contributed by atoms with Crippen molar-refractivity contribution in [3.63, 3.8) is 0 Å². The Hall–Kier alpha value is -0.200. The van der Waals surface area contributed by atoms with E-state index in [0.717, 1.165) is 19.3 Å². The molecule has 1 spiro atoms. The molecule has 0 unspecified atom stereocenters. The highest BCUT2D eigenvalue weighted by Gasteiger charge is 2.69. The normalized spacial score (nSPS) is 57.3. The van der Waals surface area contributed by atoms with E-state index in [9.17, 15) is 0 Å². The molecule has 0 aromatic rings. The predicted octanol–water partition coefficient (Wildman–Crippen LogP) is 3.23. The Balaban J connectivity index is 1.75. The van der Waals surface area contributed by atoms with E-state index >= 15 is 0 Å². The summed E-state index contributed by atoms with van der Waals surface area (Å²) >= 11 is 0. The number of ether oxygens (including phenoxy) is 3. The smallest absolute Gasteiger partial charge is 0.201 e. The Morgan fingerprint density at radius 3 is 2.68 bits per heavy atom. The van der Waals surface area contributed by atoms with E-state index in [1.807, 2.05) is 13.8 Å². The van der Waals surface area contributed by atoms with Crippen LogP contribution in [0.4, 0.5) is 0 Å². The van der Waals surface area contributed by atoms with E-state index in [1.165, 1.54) is 6.42 Å². The first-order chi connectivity index (χ1) is 10.5. The van der Waals surface area contributed by atoms with Crippen LogP contribution in [0.3, 0.4) is 0 Å². The zero-order valence-corrected chi connectivity index (χ0v) is 14.0. The molecular weight excluding hydrogens is 284 g/mol. The van der Waals surface area contributed by atoms with Crippen LogP contribution in [0.2, 0.25) is 0 Å². The molecule has 1 saturated carbocycles. The molecular formula is C17H28O5. The summed E-state index contributed by atoms with van der Waals surface area (Å²) in [5.74, 6) is 0.957. The second kappa shape index (κ2) is 5.15. The lowest BCUT2D eigenvalue weighted by Crippen LogP contribution is -2.70. The molecule has 126 valence electrons. The minimum absolute atomic E-state index is 0.216. The zero-order valence-electron chi connectivity index (χ0n) is 14.0. The quantitative estimate of drug-likeness (QED) is 0.733. The van der Waals surface area contributed by atoms with Gasteiger partial charge in [-0.1, -0.05) is 13.8 Å². The summed E-state index contributed by atoms with van der Waals surface area (Å²) in [6.07, 6.45) is 3.66. The molecule has 5 nitrogen and oxygen atoms in total. The summed E-state index contributed by atoms with van der Waals surface area (Å²) in [5, 5.41) is 0. The second-order valence-corrected chi connectivity index (χ2v) is 7.73. The maximum Gasteiger partial charge on any atom is 0.201 e. The maximum absolute atomic E-state index is 6.25. The first kappa shape index (κ1) is 15.3. The highest BCUT2D eigenvalue weighted by Crippen LogP contribution is 2.60. The first-order valence-electron chi connectivity index (χ1n) is 8.82. The zero-order chi connectivity index (χ0) is 15.5. The Morgan fingerprint density at radius 1 is 1.09 bits per heavy atom. The molecule has 8 atom stereocenters. The van der Waals surface area contributed by atoms with Crippen molar-refractivity contribution in [3.05, 3.63) is 0 Å². The van der Waals surface area contributed by atoms with Gasteiger partial charge in [-0.2, -0.15) is 0 Å². The lowest BCUT2D eigenvalue weighted by atomic mass is 9.58. The lowest BCUT2D eigenvalue weighted by Gasteiger charge is -2.60. The monoisotopic (exact) mass is 312 g/mol. The number of hydrogen-bond acceptors (Lipinski definition) is 5. The summed E-state index contributed by atoms with van der Waals surface area (Å²) in [4.78, 5) is 11.9. The molecule has 0 amide bonds. The Bertz CT molecular complexity index is 443. The third kappa shape index (κ3) is 1.96. The number of fused-ring (bicyclic) bond motifs is 2. The second-order valence-electron chi connectivity index (χ2n) is 7.73. The van der Waals surface area contributed by atoms with Gasteiger partial charge in [0.2, 0.25) is 5.79 Å². The van der Waals surface area contributed by atoms with E-state index in [0.29, 0.717) is 24.4 Å². The molecule has 5 aliphatic rings. The van der Waals surface area contributed by atoms with E-state index in [2.05, 4.69) is 13.8 Å². The number of hydrogen-bond donors (Lipinski definition) is 0. The van der Waals surface area contributed by atoms with Gasteiger partial charge in [0.1, 0.15) is 0 Å². The van der Waals surface area contributed by atoms with E-state index < -0.39 is 11.4 Å². The van der Waals surface area contributed by atoms with Crippen molar-refractivity contribution in [3.8, 4) is 0 Å². The molecule has 1 aliphatic carbocycles. The van der Waals surface area contributed by atoms with Gasteiger partial charge in [0, 0.05) is 24.9 Å². The SMILES string of the molecule is CCO[C@@H]1O[C@H]2O[C@]3(C)CC[C@@H]4[C@@H](C)CC[C@H]([C@@H]1C)[C@]24OO3. The van der Waals surface area contributed by atoms with Crippen molar-refractivity contribution in [2.45, 2.75) is 77.3 Å². The molecule has 5 rings (SSSR count). The van der Waals surface area contributed by atoms with Crippen LogP contribution in [-0.4, -0.2) is 30.6 Å². The van der Waals surface area contributed by atoms with Gasteiger partial charge in [-0.15, -0.1) is 0 Å². The third-order valence-electron chi connectivity index (χ3n) is 6.43. The van der Waals surface area contributed by atoms with Gasteiger partial charge in [0.05, 0.1) is 0 Å². The summed E-state index contributed by atoms with van der Waals surface area (Å²) in [6.45, 7) is 9.15. The fraction of sp³-hybridized carbons (Fsp3) is 1.00. The average molecular weight is 312 g/mol. The minimum atomic E-state index is -0.700. The summed E-state index contributed by atoms with van der Waals surface area (Å²) in [5.41, 5.74) is -0.472. The molecule has 5 heteroatoms. The van der Waals surface area contributed by atoms with Gasteiger partial charge in [-0.25, -0.2) is 9.78 Å². The molecule has 0 N–H and O–H groups in total. The van der Waals surface area contributed by atoms with Gasteiger partial charge in [-0.3, -0.25) is 0 Å². The summed E-state index contributed by atoms with van der Waals surface area (Å²) in [6, 6.07) is 0. The molecule has 2 bridgehead atoms. The molecule has 0 aromatic heterocycles. The largest absolute Gasteiger partial charge is 0.353 e. The highest BCUT2D eigenvalue weighted by atomic mass is 17.3. The van der Waals surface area contributed by atoms with Gasteiger partial charge in [0.25, 0.3) is 0 Å². The lowest BCUT2D eigenvalue weighted by molar-refractivity contribution is -0.577. The first-order valence-corrected chi connectivity index (χ1v) is 8.82. The Kier molecular flexibility index (Phi) is 3.59. The van der Waals surface area contributed by atoms with Crippen LogP contribution in [0, 0.1) is 23.7 Å². The highest BCUT2D eigenvalue weighted by molar-refractivity contribution is 5.09. The molecule has 4 saturated heterocycles. The van der Waals surface area contributed by atoms with E-state index in [-0.39, 0.29) is 18.5 Å².